The monoisotopic (exact) mass is 168 g/mol. The van der Waals surface area contributed by atoms with Crippen molar-refractivity contribution < 1.29 is 4.48 Å². The lowest BCUT2D eigenvalue weighted by Crippen LogP contribution is -2.43. The molecule has 1 nitrogen and oxygen atoms in total. The molecule has 0 bridgehead atoms. The van der Waals surface area contributed by atoms with Gasteiger partial charge in [0.25, 0.3) is 0 Å². The van der Waals surface area contributed by atoms with Crippen molar-refractivity contribution in [1.82, 2.24) is 0 Å². The number of quaternary nitrogens is 1. The molecule has 0 aromatic rings. The van der Waals surface area contributed by atoms with Crippen LogP contribution in [0.15, 0.2) is 11.6 Å². The van der Waals surface area contributed by atoms with Crippen molar-refractivity contribution in [2.24, 2.45) is 5.41 Å². The molecule has 1 aliphatic heterocycles. The first-order chi connectivity index (χ1) is 5.31. The minimum atomic E-state index is 0.389. The molecule has 0 fully saturated rings. The van der Waals surface area contributed by atoms with Crippen molar-refractivity contribution in [3.8, 4) is 0 Å². The van der Waals surface area contributed by atoms with Gasteiger partial charge in [0.05, 0.1) is 27.2 Å². The zero-order valence-corrected chi connectivity index (χ0v) is 9.15. The van der Waals surface area contributed by atoms with Crippen LogP contribution in [0.3, 0.4) is 0 Å². The average Bonchev–Trinajstić information content (AvgIpc) is 1.83. The first-order valence-corrected chi connectivity index (χ1v) is 4.83. The van der Waals surface area contributed by atoms with E-state index in [2.05, 4.69) is 40.9 Å². The smallest absolute Gasteiger partial charge is 0.0972 e. The van der Waals surface area contributed by atoms with Gasteiger partial charge in [-0.25, -0.2) is 0 Å². The van der Waals surface area contributed by atoms with E-state index < -0.39 is 0 Å². The second-order valence-corrected chi connectivity index (χ2v) is 5.57. The standard InChI is InChI=1S/C11H22N/c1-11(2,3)10-6-8-12(4,5)9-7-10/h6H,7-9H2,1-5H3/q+1. The summed E-state index contributed by atoms with van der Waals surface area (Å²) >= 11 is 0. The molecule has 0 radical (unpaired) electrons. The van der Waals surface area contributed by atoms with Crippen molar-refractivity contribution in [2.75, 3.05) is 27.2 Å². The van der Waals surface area contributed by atoms with Crippen molar-refractivity contribution >= 4 is 0 Å². The molecule has 0 saturated heterocycles. The summed E-state index contributed by atoms with van der Waals surface area (Å²) in [5.41, 5.74) is 2.03. The normalized spacial score (nSPS) is 23.6. The molecule has 0 unspecified atom stereocenters. The fourth-order valence-electron chi connectivity index (χ4n) is 1.65. The third-order valence-corrected chi connectivity index (χ3v) is 2.78. The molecule has 70 valence electrons. The molecule has 0 aromatic heterocycles. The van der Waals surface area contributed by atoms with Crippen LogP contribution in [-0.2, 0) is 0 Å². The largest absolute Gasteiger partial charge is 0.325 e. The molecule has 0 spiro atoms. The Kier molecular flexibility index (Phi) is 2.35. The molecule has 0 aromatic carbocycles. The van der Waals surface area contributed by atoms with Crippen molar-refractivity contribution in [3.63, 3.8) is 0 Å². The van der Waals surface area contributed by atoms with E-state index in [-0.39, 0.29) is 0 Å². The van der Waals surface area contributed by atoms with Crippen molar-refractivity contribution in [2.45, 2.75) is 27.2 Å². The predicted octanol–water partition coefficient (Wildman–Crippen LogP) is 2.44. The van der Waals surface area contributed by atoms with Gasteiger partial charge >= 0.3 is 0 Å². The summed E-state index contributed by atoms with van der Waals surface area (Å²) < 4.78 is 1.15. The van der Waals surface area contributed by atoms with Crippen LogP contribution in [0.25, 0.3) is 0 Å². The van der Waals surface area contributed by atoms with E-state index in [9.17, 15) is 0 Å². The van der Waals surface area contributed by atoms with Crippen LogP contribution in [0.1, 0.15) is 27.2 Å². The minimum Gasteiger partial charge on any atom is -0.325 e. The Morgan fingerprint density at radius 3 is 2.17 bits per heavy atom. The first kappa shape index (κ1) is 9.79. The van der Waals surface area contributed by atoms with E-state index in [1.54, 1.807) is 5.57 Å². The summed E-state index contributed by atoms with van der Waals surface area (Å²) in [6.07, 6.45) is 3.71. The summed E-state index contributed by atoms with van der Waals surface area (Å²) in [7, 11) is 4.60. The van der Waals surface area contributed by atoms with Gasteiger partial charge in [-0.1, -0.05) is 26.3 Å². The van der Waals surface area contributed by atoms with Gasteiger partial charge in [0.2, 0.25) is 0 Å². The summed E-state index contributed by atoms with van der Waals surface area (Å²) in [6.45, 7) is 9.42. The second-order valence-electron chi connectivity index (χ2n) is 5.57. The van der Waals surface area contributed by atoms with Gasteiger partial charge in [-0.3, -0.25) is 0 Å². The summed E-state index contributed by atoms with van der Waals surface area (Å²) in [5, 5.41) is 0. The van der Waals surface area contributed by atoms with Crippen molar-refractivity contribution in [3.05, 3.63) is 11.6 Å². The SMILES string of the molecule is CC(C)(C)C1=CC[N+](C)(C)CC1. The Hall–Kier alpha value is -0.300. The number of hydrogen-bond donors (Lipinski definition) is 0. The van der Waals surface area contributed by atoms with Gasteiger partial charge < -0.3 is 4.48 Å². The maximum atomic E-state index is 2.43. The van der Waals surface area contributed by atoms with Crippen LogP contribution >= 0.6 is 0 Å². The molecule has 12 heavy (non-hydrogen) atoms. The molecule has 0 amide bonds. The second kappa shape index (κ2) is 2.88. The molecule has 1 heterocycles. The number of rotatable bonds is 0. The lowest BCUT2D eigenvalue weighted by molar-refractivity contribution is -0.886. The van der Waals surface area contributed by atoms with E-state index in [1.807, 2.05) is 0 Å². The zero-order chi connectivity index (χ0) is 9.41. The molecule has 0 saturated carbocycles. The van der Waals surface area contributed by atoms with Crippen molar-refractivity contribution in [1.29, 1.82) is 0 Å². The van der Waals surface area contributed by atoms with Crippen LogP contribution in [0.2, 0.25) is 0 Å². The van der Waals surface area contributed by atoms with E-state index in [4.69, 9.17) is 0 Å². The fourth-order valence-corrected chi connectivity index (χ4v) is 1.65. The number of hydrogen-bond acceptors (Lipinski definition) is 0. The predicted molar refractivity (Wildman–Crippen MR) is 54.0 cm³/mol. The van der Waals surface area contributed by atoms with Crippen LogP contribution in [0.4, 0.5) is 0 Å². The minimum absolute atomic E-state index is 0.389. The molecule has 1 aliphatic rings. The van der Waals surface area contributed by atoms with Crippen LogP contribution in [0.5, 0.6) is 0 Å². The van der Waals surface area contributed by atoms with E-state index in [1.165, 1.54) is 19.5 Å². The summed E-state index contributed by atoms with van der Waals surface area (Å²) in [6, 6.07) is 0. The first-order valence-electron chi connectivity index (χ1n) is 4.83. The quantitative estimate of drug-likeness (QED) is 0.385. The number of nitrogens with zero attached hydrogens (tertiary/aromatic N) is 1. The lowest BCUT2D eigenvalue weighted by atomic mass is 9.82. The molecular formula is C11H22N+. The molecule has 0 atom stereocenters. The average molecular weight is 168 g/mol. The molecule has 0 N–H and O–H groups in total. The molecule has 0 aliphatic carbocycles. The van der Waals surface area contributed by atoms with Gasteiger partial charge in [-0.2, -0.15) is 0 Å². The highest BCUT2D eigenvalue weighted by Crippen LogP contribution is 2.30. The maximum Gasteiger partial charge on any atom is 0.0972 e. The van der Waals surface area contributed by atoms with Gasteiger partial charge in [0.15, 0.2) is 0 Å². The highest BCUT2D eigenvalue weighted by atomic mass is 15.3. The molecular weight excluding hydrogens is 146 g/mol. The maximum absolute atomic E-state index is 2.43. The Labute approximate surface area is 76.7 Å². The van der Waals surface area contributed by atoms with Gasteiger partial charge in [-0.15, -0.1) is 0 Å². The Morgan fingerprint density at radius 1 is 1.25 bits per heavy atom. The summed E-state index contributed by atoms with van der Waals surface area (Å²) in [4.78, 5) is 0. The number of likely N-dealkylation sites (N-methyl/N-ethyl adjacent to an activating group) is 1. The van der Waals surface area contributed by atoms with E-state index in [0.29, 0.717) is 5.41 Å². The highest BCUT2D eigenvalue weighted by Gasteiger charge is 2.25. The van der Waals surface area contributed by atoms with E-state index >= 15 is 0 Å². The zero-order valence-electron chi connectivity index (χ0n) is 9.15. The van der Waals surface area contributed by atoms with Crippen LogP contribution < -0.4 is 0 Å². The van der Waals surface area contributed by atoms with Crippen LogP contribution in [0, 0.1) is 5.41 Å². The van der Waals surface area contributed by atoms with E-state index in [0.717, 1.165) is 4.48 Å². The topological polar surface area (TPSA) is 0 Å². The third kappa shape index (κ3) is 2.34. The van der Waals surface area contributed by atoms with Gasteiger partial charge in [-0.05, 0) is 11.5 Å². The Balaban J connectivity index is 2.69. The molecule has 1 rings (SSSR count). The summed E-state index contributed by atoms with van der Waals surface area (Å²) in [5.74, 6) is 0. The van der Waals surface area contributed by atoms with Crippen LogP contribution in [-0.4, -0.2) is 31.7 Å². The van der Waals surface area contributed by atoms with Gasteiger partial charge in [0.1, 0.15) is 0 Å². The highest BCUT2D eigenvalue weighted by molar-refractivity contribution is 5.12. The Morgan fingerprint density at radius 2 is 1.83 bits per heavy atom. The lowest BCUT2D eigenvalue weighted by Gasteiger charge is -2.36. The fraction of sp³-hybridized carbons (Fsp3) is 0.818. The Bertz CT molecular complexity index is 194. The van der Waals surface area contributed by atoms with Gasteiger partial charge in [0, 0.05) is 6.42 Å². The third-order valence-electron chi connectivity index (χ3n) is 2.78. The molecule has 1 heteroatoms.